The van der Waals surface area contributed by atoms with Crippen molar-refractivity contribution in [3.8, 4) is 0 Å². The summed E-state index contributed by atoms with van der Waals surface area (Å²) < 4.78 is 53.1. The molecular weight excluding hydrogens is 514 g/mol. The zero-order valence-corrected chi connectivity index (χ0v) is 21.3. The Morgan fingerprint density at radius 3 is 2.17 bits per heavy atom. The lowest BCUT2D eigenvalue weighted by Gasteiger charge is -2.35. The molecular formula is C22H26ClN5O5S2. The molecule has 188 valence electrons. The summed E-state index contributed by atoms with van der Waals surface area (Å²) >= 11 is 6.12. The average Bonchev–Trinajstić information content (AvgIpc) is 3.64. The van der Waals surface area contributed by atoms with E-state index in [2.05, 4.69) is 4.98 Å². The number of nitrogens with zero attached hydrogens (tertiary/aromatic N) is 4. The highest BCUT2D eigenvalue weighted by atomic mass is 35.5. The number of hydrogen-bond acceptors (Lipinski definition) is 8. The predicted octanol–water partition coefficient (Wildman–Crippen LogP) is 1.25. The molecule has 0 spiro atoms. The Morgan fingerprint density at radius 2 is 1.60 bits per heavy atom. The van der Waals surface area contributed by atoms with Gasteiger partial charge in [0.15, 0.2) is 9.84 Å². The number of pyridine rings is 1. The first kappa shape index (κ1) is 24.4. The molecule has 13 heteroatoms. The van der Waals surface area contributed by atoms with Gasteiger partial charge in [-0.1, -0.05) is 11.6 Å². The van der Waals surface area contributed by atoms with Crippen molar-refractivity contribution >= 4 is 48.9 Å². The van der Waals surface area contributed by atoms with E-state index in [4.69, 9.17) is 17.3 Å². The second kappa shape index (κ2) is 9.00. The highest BCUT2D eigenvalue weighted by Gasteiger charge is 2.38. The first-order valence-corrected chi connectivity index (χ1v) is 14.7. The molecule has 2 aromatic rings. The van der Waals surface area contributed by atoms with Gasteiger partial charge in [-0.2, -0.15) is 4.31 Å². The minimum absolute atomic E-state index is 0.0769. The Labute approximate surface area is 209 Å². The Kier molecular flexibility index (Phi) is 6.29. The molecule has 5 rings (SSSR count). The summed E-state index contributed by atoms with van der Waals surface area (Å²) in [5.41, 5.74) is 6.47. The third-order valence-electron chi connectivity index (χ3n) is 6.55. The van der Waals surface area contributed by atoms with E-state index in [9.17, 15) is 21.6 Å². The number of anilines is 2. The van der Waals surface area contributed by atoms with Crippen molar-refractivity contribution in [3.05, 3.63) is 41.6 Å². The number of carbonyl (C=O) groups excluding carboxylic acids is 1. The molecule has 2 saturated heterocycles. The highest BCUT2D eigenvalue weighted by Crippen LogP contribution is 2.35. The Balaban J connectivity index is 1.28. The number of nitrogens with two attached hydrogens (primary N) is 1. The quantitative estimate of drug-likeness (QED) is 0.542. The fourth-order valence-electron chi connectivity index (χ4n) is 4.45. The molecule has 3 aliphatic rings. The maximum atomic E-state index is 13.2. The monoisotopic (exact) mass is 539 g/mol. The largest absolute Gasteiger partial charge is 0.354 e. The SMILES string of the molecule is NC1CC(=O)N(c2ccc(S(=O)(=O)N3CCN(c4cc(S(=O)(=O)C5CC5)cc(Cl)n4)CC3)cc2)C1. The van der Waals surface area contributed by atoms with Gasteiger partial charge in [0.05, 0.1) is 15.0 Å². The van der Waals surface area contributed by atoms with E-state index in [1.54, 1.807) is 17.0 Å². The zero-order chi connectivity index (χ0) is 25.0. The summed E-state index contributed by atoms with van der Waals surface area (Å²) in [6.45, 7) is 1.51. The normalized spacial score (nSPS) is 22.1. The summed E-state index contributed by atoms with van der Waals surface area (Å²) in [6.07, 6.45) is 1.58. The molecule has 1 aromatic carbocycles. The van der Waals surface area contributed by atoms with Gasteiger partial charge in [0.1, 0.15) is 11.0 Å². The van der Waals surface area contributed by atoms with Crippen molar-refractivity contribution in [2.24, 2.45) is 5.73 Å². The number of carbonyl (C=O) groups is 1. The molecule has 2 N–H and O–H groups in total. The van der Waals surface area contributed by atoms with E-state index in [0.717, 1.165) is 0 Å². The number of sulfone groups is 1. The molecule has 0 bridgehead atoms. The van der Waals surface area contributed by atoms with Gasteiger partial charge >= 0.3 is 0 Å². The number of benzene rings is 1. The molecule has 1 atom stereocenters. The van der Waals surface area contributed by atoms with Crippen LogP contribution in [0.3, 0.4) is 0 Å². The van der Waals surface area contributed by atoms with Crippen molar-refractivity contribution in [2.75, 3.05) is 42.5 Å². The standard InChI is InChI=1S/C22H26ClN5O5S2/c23-20-12-19(34(30,31)17-5-6-17)13-21(25-20)26-7-9-27(10-8-26)35(32,33)18-3-1-16(2-4-18)28-14-15(24)11-22(28)29/h1-4,12-13,15,17H,5-11,14,24H2. The molecule has 3 heterocycles. The summed E-state index contributed by atoms with van der Waals surface area (Å²) in [7, 11) is -7.16. The first-order valence-electron chi connectivity index (χ1n) is 11.4. The summed E-state index contributed by atoms with van der Waals surface area (Å²) in [6, 6.07) is 8.92. The Morgan fingerprint density at radius 1 is 0.943 bits per heavy atom. The maximum absolute atomic E-state index is 13.2. The molecule has 10 nitrogen and oxygen atoms in total. The van der Waals surface area contributed by atoms with Crippen LogP contribution in [0, 0.1) is 0 Å². The van der Waals surface area contributed by atoms with Crippen molar-refractivity contribution in [1.29, 1.82) is 0 Å². The van der Waals surface area contributed by atoms with Crippen molar-refractivity contribution in [1.82, 2.24) is 9.29 Å². The van der Waals surface area contributed by atoms with Gasteiger partial charge in [0.2, 0.25) is 15.9 Å². The molecule has 3 fully saturated rings. The molecule has 2 aliphatic heterocycles. The average molecular weight is 540 g/mol. The van der Waals surface area contributed by atoms with Crippen LogP contribution in [0.5, 0.6) is 0 Å². The van der Waals surface area contributed by atoms with Gasteiger partial charge in [0, 0.05) is 50.9 Å². The van der Waals surface area contributed by atoms with Crippen LogP contribution >= 0.6 is 11.6 Å². The molecule has 1 amide bonds. The van der Waals surface area contributed by atoms with Gasteiger partial charge in [-0.15, -0.1) is 0 Å². The third kappa shape index (κ3) is 4.77. The topological polar surface area (TPSA) is 134 Å². The molecule has 1 unspecified atom stereocenters. The molecule has 1 aromatic heterocycles. The number of hydrogen-bond donors (Lipinski definition) is 1. The number of halogens is 1. The lowest BCUT2D eigenvalue weighted by molar-refractivity contribution is -0.117. The van der Waals surface area contributed by atoms with Crippen LogP contribution in [-0.2, 0) is 24.7 Å². The lowest BCUT2D eigenvalue weighted by Crippen LogP contribution is -2.49. The zero-order valence-electron chi connectivity index (χ0n) is 18.9. The minimum Gasteiger partial charge on any atom is -0.354 e. The van der Waals surface area contributed by atoms with Crippen LogP contribution in [0.25, 0.3) is 0 Å². The van der Waals surface area contributed by atoms with Crippen LogP contribution in [0.4, 0.5) is 11.5 Å². The van der Waals surface area contributed by atoms with Gasteiger partial charge in [-0.3, -0.25) is 4.79 Å². The summed E-state index contributed by atoms with van der Waals surface area (Å²) in [5.74, 6) is 0.346. The summed E-state index contributed by atoms with van der Waals surface area (Å²) in [5, 5.41) is -0.267. The molecule has 1 aliphatic carbocycles. The predicted molar refractivity (Wildman–Crippen MR) is 132 cm³/mol. The number of rotatable bonds is 6. The van der Waals surface area contributed by atoms with E-state index < -0.39 is 19.9 Å². The van der Waals surface area contributed by atoms with Crippen LogP contribution in [0.1, 0.15) is 19.3 Å². The number of aromatic nitrogens is 1. The molecule has 35 heavy (non-hydrogen) atoms. The number of sulfonamides is 1. The van der Waals surface area contributed by atoms with E-state index in [0.29, 0.717) is 44.0 Å². The molecule has 1 saturated carbocycles. The minimum atomic E-state index is -3.74. The van der Waals surface area contributed by atoms with Gasteiger partial charge in [0.25, 0.3) is 0 Å². The van der Waals surface area contributed by atoms with Crippen molar-refractivity contribution in [3.63, 3.8) is 0 Å². The smallest absolute Gasteiger partial charge is 0.243 e. The van der Waals surface area contributed by atoms with Crippen LogP contribution in [-0.4, -0.2) is 76.0 Å². The van der Waals surface area contributed by atoms with Crippen LogP contribution in [0.2, 0.25) is 5.15 Å². The van der Waals surface area contributed by atoms with E-state index >= 15 is 0 Å². The second-order valence-corrected chi connectivity index (χ2v) is 13.6. The Bertz CT molecular complexity index is 1360. The number of piperazine rings is 1. The fraction of sp³-hybridized carbons (Fsp3) is 0.455. The third-order valence-corrected chi connectivity index (χ3v) is 10.9. The first-order chi connectivity index (χ1) is 16.6. The van der Waals surface area contributed by atoms with Gasteiger partial charge < -0.3 is 15.5 Å². The van der Waals surface area contributed by atoms with Crippen molar-refractivity contribution < 1.29 is 21.6 Å². The van der Waals surface area contributed by atoms with E-state index in [1.165, 1.54) is 28.6 Å². The maximum Gasteiger partial charge on any atom is 0.243 e. The number of amides is 1. The Hall–Kier alpha value is -2.25. The van der Waals surface area contributed by atoms with Gasteiger partial charge in [-0.25, -0.2) is 21.8 Å². The van der Waals surface area contributed by atoms with E-state index in [-0.39, 0.29) is 51.7 Å². The lowest BCUT2D eigenvalue weighted by atomic mass is 10.3. The van der Waals surface area contributed by atoms with Gasteiger partial charge in [-0.05, 0) is 49.2 Å². The van der Waals surface area contributed by atoms with Crippen LogP contribution in [0.15, 0.2) is 46.2 Å². The second-order valence-electron chi connectivity index (χ2n) is 9.08. The highest BCUT2D eigenvalue weighted by molar-refractivity contribution is 7.92. The van der Waals surface area contributed by atoms with Crippen molar-refractivity contribution in [2.45, 2.75) is 40.3 Å². The van der Waals surface area contributed by atoms with Crippen LogP contribution < -0.4 is 15.5 Å². The molecule has 0 radical (unpaired) electrons. The fourth-order valence-corrected chi connectivity index (χ4v) is 7.82. The summed E-state index contributed by atoms with van der Waals surface area (Å²) in [4.78, 5) is 20.0. The van der Waals surface area contributed by atoms with E-state index in [1.807, 2.05) is 4.90 Å².